The number of hydrogen-bond donors (Lipinski definition) is 1. The van der Waals surface area contributed by atoms with Gasteiger partial charge in [0.1, 0.15) is 18.4 Å². The lowest BCUT2D eigenvalue weighted by molar-refractivity contribution is -0.148. The van der Waals surface area contributed by atoms with E-state index in [1.807, 2.05) is 44.2 Å². The molecule has 1 amide bonds. The van der Waals surface area contributed by atoms with E-state index < -0.39 is 12.0 Å². The summed E-state index contributed by atoms with van der Waals surface area (Å²) in [5.74, 6) is -0.191. The summed E-state index contributed by atoms with van der Waals surface area (Å²) in [6, 6.07) is 15.4. The highest BCUT2D eigenvalue weighted by Crippen LogP contribution is 2.13. The zero-order valence-electron chi connectivity index (χ0n) is 14.7. The molecule has 0 spiro atoms. The Hall–Kier alpha value is -2.82. The number of carbonyl (C=O) groups excluding carboxylic acids is 2. The van der Waals surface area contributed by atoms with Crippen LogP contribution < -0.4 is 10.1 Å². The van der Waals surface area contributed by atoms with Crippen LogP contribution in [0.15, 0.2) is 54.6 Å². The van der Waals surface area contributed by atoms with Gasteiger partial charge in [-0.1, -0.05) is 44.2 Å². The fourth-order valence-electron chi connectivity index (χ4n) is 2.28. The normalized spacial score (nSPS) is 11.7. The van der Waals surface area contributed by atoms with Gasteiger partial charge in [0.2, 0.25) is 0 Å². The molecule has 0 radical (unpaired) electrons. The molecule has 132 valence electrons. The third kappa shape index (κ3) is 5.35. The van der Waals surface area contributed by atoms with Gasteiger partial charge in [-0.05, 0) is 35.7 Å². The number of carbonyl (C=O) groups is 2. The molecule has 5 nitrogen and oxygen atoms in total. The summed E-state index contributed by atoms with van der Waals surface area (Å²) in [5.41, 5.74) is 1.36. The highest BCUT2D eigenvalue weighted by Gasteiger charge is 2.26. The largest absolute Gasteiger partial charge is 0.497 e. The Kier molecular flexibility index (Phi) is 6.57. The van der Waals surface area contributed by atoms with Crippen molar-refractivity contribution in [2.24, 2.45) is 5.92 Å². The van der Waals surface area contributed by atoms with Crippen molar-refractivity contribution in [1.29, 1.82) is 0 Å². The van der Waals surface area contributed by atoms with E-state index in [0.29, 0.717) is 11.3 Å². The summed E-state index contributed by atoms with van der Waals surface area (Å²) < 4.78 is 10.4. The van der Waals surface area contributed by atoms with E-state index in [1.165, 1.54) is 0 Å². The zero-order chi connectivity index (χ0) is 18.2. The topological polar surface area (TPSA) is 64.6 Å². The third-order valence-corrected chi connectivity index (χ3v) is 3.78. The SMILES string of the molecule is COc1ccc(C(=O)N[C@H](C(=O)OCc2ccccc2)C(C)C)cc1. The number of amides is 1. The number of benzene rings is 2. The van der Waals surface area contributed by atoms with Crippen LogP contribution in [0.3, 0.4) is 0 Å². The molecule has 0 saturated heterocycles. The summed E-state index contributed by atoms with van der Waals surface area (Å²) in [6.45, 7) is 3.91. The molecule has 2 aromatic carbocycles. The number of esters is 1. The predicted octanol–water partition coefficient (Wildman–Crippen LogP) is 3.19. The molecule has 0 bridgehead atoms. The number of ether oxygens (including phenoxy) is 2. The van der Waals surface area contributed by atoms with Gasteiger partial charge >= 0.3 is 5.97 Å². The number of rotatable bonds is 7. The molecule has 2 rings (SSSR count). The molecule has 0 aromatic heterocycles. The van der Waals surface area contributed by atoms with E-state index in [9.17, 15) is 9.59 Å². The van der Waals surface area contributed by atoms with Crippen LogP contribution in [0.25, 0.3) is 0 Å². The Labute approximate surface area is 148 Å². The third-order valence-electron chi connectivity index (χ3n) is 3.78. The summed E-state index contributed by atoms with van der Waals surface area (Å²) in [7, 11) is 1.56. The van der Waals surface area contributed by atoms with Crippen LogP contribution in [0, 0.1) is 5.92 Å². The summed E-state index contributed by atoms with van der Waals surface area (Å²) in [6.07, 6.45) is 0. The van der Waals surface area contributed by atoms with Gasteiger partial charge in [0, 0.05) is 5.56 Å². The van der Waals surface area contributed by atoms with Crippen molar-refractivity contribution < 1.29 is 19.1 Å². The Balaban J connectivity index is 1.98. The van der Waals surface area contributed by atoms with Gasteiger partial charge in [0.15, 0.2) is 0 Å². The van der Waals surface area contributed by atoms with Crippen molar-refractivity contribution in [1.82, 2.24) is 5.32 Å². The van der Waals surface area contributed by atoms with Gasteiger partial charge < -0.3 is 14.8 Å². The number of methoxy groups -OCH3 is 1. The van der Waals surface area contributed by atoms with Crippen molar-refractivity contribution >= 4 is 11.9 Å². The van der Waals surface area contributed by atoms with Crippen LogP contribution >= 0.6 is 0 Å². The second-order valence-electron chi connectivity index (χ2n) is 6.02. The lowest BCUT2D eigenvalue weighted by Crippen LogP contribution is -2.45. The van der Waals surface area contributed by atoms with E-state index in [1.54, 1.807) is 31.4 Å². The first kappa shape index (κ1) is 18.5. The van der Waals surface area contributed by atoms with Crippen molar-refractivity contribution in [3.05, 3.63) is 65.7 Å². The Morgan fingerprint density at radius 3 is 2.20 bits per heavy atom. The van der Waals surface area contributed by atoms with Gasteiger partial charge in [-0.25, -0.2) is 4.79 Å². The first-order chi connectivity index (χ1) is 12.0. The van der Waals surface area contributed by atoms with E-state index in [-0.39, 0.29) is 18.4 Å². The summed E-state index contributed by atoms with van der Waals surface area (Å²) in [5, 5.41) is 2.75. The zero-order valence-corrected chi connectivity index (χ0v) is 14.7. The van der Waals surface area contributed by atoms with Crippen LogP contribution in [0.5, 0.6) is 5.75 Å². The van der Waals surface area contributed by atoms with Crippen molar-refractivity contribution in [3.63, 3.8) is 0 Å². The van der Waals surface area contributed by atoms with E-state index >= 15 is 0 Å². The first-order valence-electron chi connectivity index (χ1n) is 8.16. The number of nitrogens with one attached hydrogen (secondary N) is 1. The lowest BCUT2D eigenvalue weighted by Gasteiger charge is -2.21. The van der Waals surface area contributed by atoms with Crippen molar-refractivity contribution in [2.45, 2.75) is 26.5 Å². The van der Waals surface area contributed by atoms with Crippen LogP contribution in [0.2, 0.25) is 0 Å². The lowest BCUT2D eigenvalue weighted by atomic mass is 10.0. The molecule has 1 atom stereocenters. The molecule has 0 aliphatic heterocycles. The van der Waals surface area contributed by atoms with E-state index in [2.05, 4.69) is 5.32 Å². The average molecular weight is 341 g/mol. The first-order valence-corrected chi connectivity index (χ1v) is 8.16. The fourth-order valence-corrected chi connectivity index (χ4v) is 2.28. The minimum atomic E-state index is -0.710. The second kappa shape index (κ2) is 8.87. The van der Waals surface area contributed by atoms with Crippen molar-refractivity contribution in [3.8, 4) is 5.75 Å². The molecule has 0 unspecified atom stereocenters. The van der Waals surface area contributed by atoms with Gasteiger partial charge in [-0.15, -0.1) is 0 Å². The Morgan fingerprint density at radius 1 is 1.00 bits per heavy atom. The maximum atomic E-state index is 12.4. The molecule has 0 saturated carbocycles. The predicted molar refractivity (Wildman–Crippen MR) is 95.3 cm³/mol. The van der Waals surface area contributed by atoms with Crippen LogP contribution in [-0.4, -0.2) is 25.0 Å². The minimum absolute atomic E-state index is 0.0922. The molecular weight excluding hydrogens is 318 g/mol. The monoisotopic (exact) mass is 341 g/mol. The number of hydrogen-bond acceptors (Lipinski definition) is 4. The summed E-state index contributed by atoms with van der Waals surface area (Å²) >= 11 is 0. The maximum absolute atomic E-state index is 12.4. The van der Waals surface area contributed by atoms with Crippen LogP contribution in [0.4, 0.5) is 0 Å². The molecule has 0 aliphatic carbocycles. The van der Waals surface area contributed by atoms with Gasteiger partial charge in [0.05, 0.1) is 7.11 Å². The highest BCUT2D eigenvalue weighted by atomic mass is 16.5. The van der Waals surface area contributed by atoms with E-state index in [0.717, 1.165) is 5.56 Å². The summed E-state index contributed by atoms with van der Waals surface area (Å²) in [4.78, 5) is 24.7. The Bertz CT molecular complexity index is 695. The molecule has 0 fully saturated rings. The van der Waals surface area contributed by atoms with Gasteiger partial charge in [-0.3, -0.25) is 4.79 Å². The smallest absolute Gasteiger partial charge is 0.329 e. The maximum Gasteiger partial charge on any atom is 0.329 e. The van der Waals surface area contributed by atoms with Gasteiger partial charge in [0.25, 0.3) is 5.91 Å². The molecule has 0 aliphatic rings. The molecule has 1 N–H and O–H groups in total. The van der Waals surface area contributed by atoms with Crippen molar-refractivity contribution in [2.75, 3.05) is 7.11 Å². The highest BCUT2D eigenvalue weighted by molar-refractivity contribution is 5.96. The minimum Gasteiger partial charge on any atom is -0.497 e. The Morgan fingerprint density at radius 2 is 1.64 bits per heavy atom. The van der Waals surface area contributed by atoms with Gasteiger partial charge in [-0.2, -0.15) is 0 Å². The molecule has 0 heterocycles. The molecule has 5 heteroatoms. The molecule has 25 heavy (non-hydrogen) atoms. The molecular formula is C20H23NO4. The fraction of sp³-hybridized carbons (Fsp3) is 0.300. The standard InChI is InChI=1S/C20H23NO4/c1-14(2)18(20(23)25-13-15-7-5-4-6-8-15)21-19(22)16-9-11-17(24-3)12-10-16/h4-12,14,18H,13H2,1-3H3,(H,21,22)/t18-/m0/s1. The van der Waals surface area contributed by atoms with E-state index in [4.69, 9.17) is 9.47 Å². The average Bonchev–Trinajstić information content (AvgIpc) is 2.64. The molecule has 2 aromatic rings. The van der Waals surface area contributed by atoms with Crippen LogP contribution in [-0.2, 0) is 16.1 Å². The second-order valence-corrected chi connectivity index (χ2v) is 6.02. The van der Waals surface area contributed by atoms with Crippen LogP contribution in [0.1, 0.15) is 29.8 Å². The quantitative estimate of drug-likeness (QED) is 0.786.